The van der Waals surface area contributed by atoms with E-state index in [0.29, 0.717) is 5.82 Å². The van der Waals surface area contributed by atoms with Crippen molar-refractivity contribution < 1.29 is 9.90 Å². The molecule has 1 heterocycles. The molecule has 0 radical (unpaired) electrons. The van der Waals surface area contributed by atoms with E-state index < -0.39 is 5.97 Å². The maximum Gasteiger partial charge on any atom is 0.356 e. The molecule has 2 rings (SSSR count). The Labute approximate surface area is 105 Å². The minimum Gasteiger partial charge on any atom is -0.476 e. The summed E-state index contributed by atoms with van der Waals surface area (Å²) in [5.41, 5.74) is 2.06. The molecule has 0 bridgehead atoms. The number of rotatable bonds is 4. The number of hydrogen-bond acceptors (Lipinski definition) is 4. The zero-order valence-electron chi connectivity index (χ0n) is 9.92. The Balaban J connectivity index is 2.21. The lowest BCUT2D eigenvalue weighted by atomic mass is 10.1. The first kappa shape index (κ1) is 12.0. The molecule has 0 saturated heterocycles. The second kappa shape index (κ2) is 5.27. The third kappa shape index (κ3) is 2.63. The third-order valence-corrected chi connectivity index (χ3v) is 2.53. The second-order valence-electron chi connectivity index (χ2n) is 3.73. The first-order valence-electron chi connectivity index (χ1n) is 5.61. The van der Waals surface area contributed by atoms with E-state index in [1.54, 1.807) is 0 Å². The normalized spacial score (nSPS) is 10.1. The van der Waals surface area contributed by atoms with Gasteiger partial charge in [-0.3, -0.25) is 0 Å². The van der Waals surface area contributed by atoms with Crippen LogP contribution in [0.1, 0.15) is 23.0 Å². The monoisotopic (exact) mass is 243 g/mol. The summed E-state index contributed by atoms with van der Waals surface area (Å²) in [5.74, 6) is -0.552. The fourth-order valence-electron chi connectivity index (χ4n) is 1.59. The highest BCUT2D eigenvalue weighted by Crippen LogP contribution is 2.19. The Morgan fingerprint density at radius 3 is 2.67 bits per heavy atom. The second-order valence-corrected chi connectivity index (χ2v) is 3.73. The van der Waals surface area contributed by atoms with E-state index in [1.165, 1.54) is 18.0 Å². The van der Waals surface area contributed by atoms with E-state index in [1.807, 2.05) is 24.3 Å². The van der Waals surface area contributed by atoms with Crippen molar-refractivity contribution in [1.82, 2.24) is 9.97 Å². The van der Waals surface area contributed by atoms with Crippen molar-refractivity contribution >= 4 is 17.5 Å². The molecular weight excluding hydrogens is 230 g/mol. The molecule has 0 amide bonds. The van der Waals surface area contributed by atoms with Gasteiger partial charge in [0.1, 0.15) is 5.82 Å². The van der Waals surface area contributed by atoms with Gasteiger partial charge in [0.25, 0.3) is 0 Å². The molecule has 0 aliphatic rings. The van der Waals surface area contributed by atoms with Crippen molar-refractivity contribution in [2.75, 3.05) is 5.32 Å². The minimum atomic E-state index is -1.08. The molecule has 1 aromatic heterocycles. The van der Waals surface area contributed by atoms with Gasteiger partial charge in [-0.05, 0) is 18.1 Å². The molecule has 0 spiro atoms. The van der Waals surface area contributed by atoms with E-state index in [0.717, 1.165) is 12.1 Å². The van der Waals surface area contributed by atoms with Gasteiger partial charge in [0.2, 0.25) is 0 Å². The van der Waals surface area contributed by atoms with Gasteiger partial charge in [-0.1, -0.05) is 25.1 Å². The van der Waals surface area contributed by atoms with Crippen LogP contribution in [0.25, 0.3) is 0 Å². The summed E-state index contributed by atoms with van der Waals surface area (Å²) in [7, 11) is 0. The molecule has 0 atom stereocenters. The van der Waals surface area contributed by atoms with Gasteiger partial charge in [-0.15, -0.1) is 0 Å². The molecule has 1 aromatic carbocycles. The molecule has 0 aliphatic carbocycles. The number of carboxylic acid groups (broad SMARTS) is 1. The Morgan fingerprint density at radius 1 is 1.28 bits per heavy atom. The average molecular weight is 243 g/mol. The highest BCUT2D eigenvalue weighted by molar-refractivity contribution is 5.85. The van der Waals surface area contributed by atoms with Crippen LogP contribution >= 0.6 is 0 Å². The molecule has 0 unspecified atom stereocenters. The van der Waals surface area contributed by atoms with Crippen molar-refractivity contribution in [1.29, 1.82) is 0 Å². The van der Waals surface area contributed by atoms with Crippen LogP contribution in [0.15, 0.2) is 36.7 Å². The first-order chi connectivity index (χ1) is 8.70. The Morgan fingerprint density at radius 2 is 2.06 bits per heavy atom. The van der Waals surface area contributed by atoms with Crippen molar-refractivity contribution in [3.63, 3.8) is 0 Å². The summed E-state index contributed by atoms with van der Waals surface area (Å²) < 4.78 is 0. The van der Waals surface area contributed by atoms with E-state index in [2.05, 4.69) is 22.2 Å². The topological polar surface area (TPSA) is 75.1 Å². The van der Waals surface area contributed by atoms with Crippen LogP contribution in [0.2, 0.25) is 0 Å². The Bertz CT molecular complexity index is 552. The zero-order valence-corrected chi connectivity index (χ0v) is 9.92. The van der Waals surface area contributed by atoms with Crippen molar-refractivity contribution in [3.05, 3.63) is 47.9 Å². The van der Waals surface area contributed by atoms with Gasteiger partial charge >= 0.3 is 5.97 Å². The number of anilines is 2. The number of carbonyl (C=O) groups is 1. The molecule has 2 N–H and O–H groups in total. The highest BCUT2D eigenvalue weighted by Gasteiger charge is 2.05. The number of aromatic carboxylic acids is 1. The molecule has 0 aliphatic heterocycles. The third-order valence-electron chi connectivity index (χ3n) is 2.53. The van der Waals surface area contributed by atoms with Crippen LogP contribution in [0, 0.1) is 0 Å². The SMILES string of the molecule is CCc1ccccc1Nc1cnc(C(=O)O)cn1. The standard InChI is InChI=1S/C13H13N3O2/c1-2-9-5-3-4-6-10(9)16-12-8-14-11(7-15-12)13(17)18/h3-8H,2H2,1H3,(H,15,16)(H,17,18). The van der Waals surface area contributed by atoms with Crippen molar-refractivity contribution in [2.24, 2.45) is 0 Å². The van der Waals surface area contributed by atoms with Gasteiger partial charge in [0.05, 0.1) is 12.4 Å². The van der Waals surface area contributed by atoms with E-state index in [-0.39, 0.29) is 5.69 Å². The van der Waals surface area contributed by atoms with Gasteiger partial charge in [-0.25, -0.2) is 14.8 Å². The molecule has 92 valence electrons. The van der Waals surface area contributed by atoms with Crippen LogP contribution in [0.3, 0.4) is 0 Å². The van der Waals surface area contributed by atoms with Crippen LogP contribution in [0.5, 0.6) is 0 Å². The molecule has 5 nitrogen and oxygen atoms in total. The summed E-state index contributed by atoms with van der Waals surface area (Å²) in [5, 5.41) is 11.8. The van der Waals surface area contributed by atoms with Crippen LogP contribution in [-0.4, -0.2) is 21.0 Å². The van der Waals surface area contributed by atoms with Crippen LogP contribution < -0.4 is 5.32 Å². The molecular formula is C13H13N3O2. The Hall–Kier alpha value is -2.43. The minimum absolute atomic E-state index is 0.0654. The zero-order chi connectivity index (χ0) is 13.0. The van der Waals surface area contributed by atoms with Crippen molar-refractivity contribution in [3.8, 4) is 0 Å². The predicted octanol–water partition coefficient (Wildman–Crippen LogP) is 2.48. The summed E-state index contributed by atoms with van der Waals surface area (Å²) in [6, 6.07) is 7.89. The molecule has 2 aromatic rings. The van der Waals surface area contributed by atoms with Gasteiger partial charge in [0.15, 0.2) is 5.69 Å². The molecule has 0 saturated carbocycles. The number of para-hydroxylation sites is 1. The van der Waals surface area contributed by atoms with Gasteiger partial charge in [-0.2, -0.15) is 0 Å². The maximum absolute atomic E-state index is 10.6. The summed E-state index contributed by atoms with van der Waals surface area (Å²) in [6.07, 6.45) is 3.55. The average Bonchev–Trinajstić information content (AvgIpc) is 2.40. The van der Waals surface area contributed by atoms with Gasteiger partial charge < -0.3 is 10.4 Å². The maximum atomic E-state index is 10.6. The smallest absolute Gasteiger partial charge is 0.356 e. The number of aryl methyl sites for hydroxylation is 1. The number of hydrogen-bond donors (Lipinski definition) is 2. The molecule has 5 heteroatoms. The fourth-order valence-corrected chi connectivity index (χ4v) is 1.59. The summed E-state index contributed by atoms with van der Waals surface area (Å²) >= 11 is 0. The van der Waals surface area contributed by atoms with E-state index >= 15 is 0 Å². The largest absolute Gasteiger partial charge is 0.476 e. The Kier molecular flexibility index (Phi) is 3.52. The molecule has 18 heavy (non-hydrogen) atoms. The lowest BCUT2D eigenvalue weighted by molar-refractivity contribution is 0.0690. The van der Waals surface area contributed by atoms with Crippen LogP contribution in [0.4, 0.5) is 11.5 Å². The van der Waals surface area contributed by atoms with Crippen LogP contribution in [-0.2, 0) is 6.42 Å². The lowest BCUT2D eigenvalue weighted by Gasteiger charge is -2.09. The first-order valence-corrected chi connectivity index (χ1v) is 5.61. The number of benzene rings is 1. The fraction of sp³-hybridized carbons (Fsp3) is 0.154. The van der Waals surface area contributed by atoms with Crippen molar-refractivity contribution in [2.45, 2.75) is 13.3 Å². The number of carboxylic acids is 1. The molecule has 0 fully saturated rings. The highest BCUT2D eigenvalue weighted by atomic mass is 16.4. The predicted molar refractivity (Wildman–Crippen MR) is 68.1 cm³/mol. The number of nitrogens with one attached hydrogen (secondary N) is 1. The van der Waals surface area contributed by atoms with E-state index in [9.17, 15) is 4.79 Å². The lowest BCUT2D eigenvalue weighted by Crippen LogP contribution is -2.03. The van der Waals surface area contributed by atoms with E-state index in [4.69, 9.17) is 5.11 Å². The summed E-state index contributed by atoms with van der Waals surface area (Å²) in [4.78, 5) is 18.5. The quantitative estimate of drug-likeness (QED) is 0.862. The summed E-state index contributed by atoms with van der Waals surface area (Å²) in [6.45, 7) is 2.07. The number of aromatic nitrogens is 2. The van der Waals surface area contributed by atoms with Gasteiger partial charge in [0, 0.05) is 5.69 Å². The number of nitrogens with zero attached hydrogens (tertiary/aromatic N) is 2.